The first kappa shape index (κ1) is 9.96. The Hall–Kier alpha value is -0.120. The van der Waals surface area contributed by atoms with Crippen molar-refractivity contribution in [1.82, 2.24) is 0 Å². The summed E-state index contributed by atoms with van der Waals surface area (Å²) in [4.78, 5) is 10.5. The van der Waals surface area contributed by atoms with E-state index in [9.17, 15) is 4.79 Å². The molecule has 0 aliphatic carbocycles. The number of thiol groups is 1. The molecule has 0 bridgehead atoms. The van der Waals surface area contributed by atoms with Gasteiger partial charge < -0.3 is 0 Å². The third-order valence-corrected chi connectivity index (χ3v) is 2.64. The molecule has 1 aromatic carbocycles. The zero-order chi connectivity index (χ0) is 8.97. The van der Waals surface area contributed by atoms with E-state index in [2.05, 4.69) is 12.6 Å². The van der Waals surface area contributed by atoms with E-state index < -0.39 is 0 Å². The number of rotatable bonds is 2. The molecule has 4 heteroatoms. The summed E-state index contributed by atoms with van der Waals surface area (Å²) in [6.45, 7) is 0. The molecule has 1 nitrogen and oxygen atoms in total. The number of hydrogen-bond acceptors (Lipinski definition) is 2. The van der Waals surface area contributed by atoms with Crippen LogP contribution >= 0.6 is 36.0 Å². The Balaban J connectivity index is 2.53. The fraction of sp³-hybridized carbons (Fsp3) is 0.125. The highest BCUT2D eigenvalue weighted by Gasteiger charge is 1.97. The van der Waals surface area contributed by atoms with E-state index in [1.165, 1.54) is 11.8 Å². The van der Waals surface area contributed by atoms with Crippen LogP contribution in [0.25, 0.3) is 0 Å². The van der Waals surface area contributed by atoms with Gasteiger partial charge in [-0.05, 0) is 17.7 Å². The van der Waals surface area contributed by atoms with Crippen molar-refractivity contribution in [3.8, 4) is 0 Å². The lowest BCUT2D eigenvalue weighted by Gasteiger charge is -1.97. The van der Waals surface area contributed by atoms with Gasteiger partial charge >= 0.3 is 0 Å². The van der Waals surface area contributed by atoms with Crippen LogP contribution in [0.1, 0.15) is 5.56 Å². The molecule has 0 atom stereocenters. The van der Waals surface area contributed by atoms with Crippen molar-refractivity contribution in [2.45, 2.75) is 5.75 Å². The molecule has 0 N–H and O–H groups in total. The van der Waals surface area contributed by atoms with Crippen LogP contribution in [0.5, 0.6) is 0 Å². The Labute approximate surface area is 85.9 Å². The summed E-state index contributed by atoms with van der Waals surface area (Å²) in [7, 11) is 0. The first-order valence-electron chi connectivity index (χ1n) is 3.28. The Morgan fingerprint density at radius 1 is 1.42 bits per heavy atom. The van der Waals surface area contributed by atoms with Crippen molar-refractivity contribution in [2.24, 2.45) is 0 Å². The van der Waals surface area contributed by atoms with Gasteiger partial charge in [0.05, 0.1) is 0 Å². The molecular weight excluding hydrogens is 212 g/mol. The average Bonchev–Trinajstić information content (AvgIpc) is 2.03. The van der Waals surface area contributed by atoms with E-state index in [0.717, 1.165) is 5.56 Å². The first-order valence-corrected chi connectivity index (χ1v) is 5.10. The molecule has 64 valence electrons. The summed E-state index contributed by atoms with van der Waals surface area (Å²) < 4.78 is -0.162. The standard InChI is InChI=1S/C8H7ClOS2/c9-7-3-1-6(2-4-7)5-12-8(10)11/h1-4H,5H2,(H,10,11). The van der Waals surface area contributed by atoms with Crippen molar-refractivity contribution in [3.05, 3.63) is 34.9 Å². The summed E-state index contributed by atoms with van der Waals surface area (Å²) >= 11 is 10.5. The topological polar surface area (TPSA) is 17.1 Å². The van der Waals surface area contributed by atoms with E-state index in [1.54, 1.807) is 12.1 Å². The van der Waals surface area contributed by atoms with Crippen molar-refractivity contribution in [1.29, 1.82) is 0 Å². The summed E-state index contributed by atoms with van der Waals surface area (Å²) in [5, 5.41) is 0.709. The minimum Gasteiger partial charge on any atom is -0.275 e. The van der Waals surface area contributed by atoms with Gasteiger partial charge in [-0.1, -0.05) is 48.1 Å². The third-order valence-electron chi connectivity index (χ3n) is 1.28. The fourth-order valence-electron chi connectivity index (χ4n) is 0.726. The zero-order valence-corrected chi connectivity index (χ0v) is 8.63. The van der Waals surface area contributed by atoms with Crippen LogP contribution in [0.3, 0.4) is 0 Å². The molecular formula is C8H7ClOS2. The van der Waals surface area contributed by atoms with Gasteiger partial charge in [-0.2, -0.15) is 0 Å². The van der Waals surface area contributed by atoms with E-state index in [4.69, 9.17) is 11.6 Å². The van der Waals surface area contributed by atoms with Crippen LogP contribution in [-0.2, 0) is 5.75 Å². The Morgan fingerprint density at radius 3 is 2.50 bits per heavy atom. The molecule has 1 rings (SSSR count). The highest BCUT2D eigenvalue weighted by molar-refractivity contribution is 8.31. The van der Waals surface area contributed by atoms with Gasteiger partial charge in [-0.3, -0.25) is 4.79 Å². The maximum Gasteiger partial charge on any atom is 0.243 e. The predicted octanol–water partition coefficient (Wildman–Crippen LogP) is 3.62. The molecule has 0 aliphatic rings. The lowest BCUT2D eigenvalue weighted by molar-refractivity contribution is 0.277. The molecule has 0 heterocycles. The summed E-state index contributed by atoms with van der Waals surface area (Å²) in [6, 6.07) is 7.40. The van der Waals surface area contributed by atoms with Gasteiger partial charge in [0.15, 0.2) is 0 Å². The predicted molar refractivity (Wildman–Crippen MR) is 57.1 cm³/mol. The van der Waals surface area contributed by atoms with Crippen molar-refractivity contribution in [2.75, 3.05) is 0 Å². The molecule has 0 amide bonds. The van der Waals surface area contributed by atoms with E-state index >= 15 is 0 Å². The van der Waals surface area contributed by atoms with E-state index in [-0.39, 0.29) is 4.45 Å². The van der Waals surface area contributed by atoms with Crippen molar-refractivity contribution >= 4 is 40.4 Å². The van der Waals surface area contributed by atoms with Crippen LogP contribution < -0.4 is 0 Å². The second-order valence-corrected chi connectivity index (χ2v) is 4.27. The third kappa shape index (κ3) is 3.52. The van der Waals surface area contributed by atoms with Gasteiger partial charge in [-0.25, -0.2) is 0 Å². The van der Waals surface area contributed by atoms with E-state index in [0.29, 0.717) is 10.8 Å². The molecule has 0 aliphatic heterocycles. The SMILES string of the molecule is O=C(S)SCc1ccc(Cl)cc1. The lowest BCUT2D eigenvalue weighted by atomic mass is 10.2. The summed E-state index contributed by atoms with van der Waals surface area (Å²) in [5.74, 6) is 0.652. The number of thioether (sulfide) groups is 1. The molecule has 0 saturated heterocycles. The monoisotopic (exact) mass is 218 g/mol. The number of benzene rings is 1. The van der Waals surface area contributed by atoms with Gasteiger partial charge in [-0.15, -0.1) is 0 Å². The smallest absolute Gasteiger partial charge is 0.243 e. The van der Waals surface area contributed by atoms with Crippen molar-refractivity contribution in [3.63, 3.8) is 0 Å². The van der Waals surface area contributed by atoms with Crippen LogP contribution in [-0.4, -0.2) is 4.45 Å². The average molecular weight is 219 g/mol. The minimum absolute atomic E-state index is 0.162. The second kappa shape index (κ2) is 4.80. The quantitative estimate of drug-likeness (QED) is 0.764. The van der Waals surface area contributed by atoms with Gasteiger partial charge in [0.25, 0.3) is 0 Å². The Bertz CT molecular complexity index is 271. The highest BCUT2D eigenvalue weighted by atomic mass is 35.5. The molecule has 0 unspecified atom stereocenters. The molecule has 0 spiro atoms. The first-order chi connectivity index (χ1) is 5.68. The van der Waals surface area contributed by atoms with Gasteiger partial charge in [0.1, 0.15) is 0 Å². The molecule has 12 heavy (non-hydrogen) atoms. The van der Waals surface area contributed by atoms with Crippen LogP contribution in [0.15, 0.2) is 24.3 Å². The van der Waals surface area contributed by atoms with E-state index in [1.807, 2.05) is 12.1 Å². The number of hydrogen-bond donors (Lipinski definition) is 1. The summed E-state index contributed by atoms with van der Waals surface area (Å²) in [5.41, 5.74) is 1.08. The summed E-state index contributed by atoms with van der Waals surface area (Å²) in [6.07, 6.45) is 0. The molecule has 0 radical (unpaired) electrons. The highest BCUT2D eigenvalue weighted by Crippen LogP contribution is 2.17. The number of carbonyl (C=O) groups is 1. The number of carbonyl (C=O) groups excluding carboxylic acids is 1. The van der Waals surface area contributed by atoms with Gasteiger partial charge in [0, 0.05) is 10.8 Å². The largest absolute Gasteiger partial charge is 0.275 e. The number of halogens is 1. The maximum atomic E-state index is 10.5. The molecule has 0 saturated carbocycles. The molecule has 0 fully saturated rings. The van der Waals surface area contributed by atoms with Crippen LogP contribution in [0, 0.1) is 0 Å². The Morgan fingerprint density at radius 2 is 2.00 bits per heavy atom. The lowest BCUT2D eigenvalue weighted by Crippen LogP contribution is -1.81. The minimum atomic E-state index is -0.162. The van der Waals surface area contributed by atoms with Crippen LogP contribution in [0.2, 0.25) is 5.02 Å². The normalized spacial score (nSPS) is 9.83. The molecule has 0 aromatic heterocycles. The fourth-order valence-corrected chi connectivity index (χ4v) is 1.53. The van der Waals surface area contributed by atoms with Crippen LogP contribution in [0.4, 0.5) is 4.79 Å². The Kier molecular flexibility index (Phi) is 3.98. The maximum absolute atomic E-state index is 10.5. The van der Waals surface area contributed by atoms with Gasteiger partial charge in [0.2, 0.25) is 4.45 Å². The molecule has 1 aromatic rings. The van der Waals surface area contributed by atoms with Crippen molar-refractivity contribution < 1.29 is 4.79 Å². The second-order valence-electron chi connectivity index (χ2n) is 2.18. The zero-order valence-electron chi connectivity index (χ0n) is 6.16.